The molecule has 1 N–H and O–H groups in total. The van der Waals surface area contributed by atoms with Crippen molar-refractivity contribution in [1.82, 2.24) is 10.3 Å². The number of aryl methyl sites for hydroxylation is 1. The summed E-state index contributed by atoms with van der Waals surface area (Å²) in [5.74, 6) is -0.179. The molecule has 0 spiro atoms. The largest absolute Gasteiger partial charge is 0.310 e. The molecule has 0 aliphatic rings. The van der Waals surface area contributed by atoms with Crippen LogP contribution in [0.5, 0.6) is 0 Å². The summed E-state index contributed by atoms with van der Waals surface area (Å²) in [5.41, 5.74) is 2.16. The second-order valence-corrected chi connectivity index (χ2v) is 5.80. The first kappa shape index (κ1) is 13.5. The Bertz CT molecular complexity index is 527. The second kappa shape index (κ2) is 6.27. The van der Waals surface area contributed by atoms with Crippen molar-refractivity contribution in [1.29, 1.82) is 0 Å². The molecular weight excluding hydrogens is 271 g/mol. The molecule has 96 valence electrons. The fourth-order valence-corrected chi connectivity index (χ4v) is 2.65. The van der Waals surface area contributed by atoms with Gasteiger partial charge in [0.1, 0.15) is 15.2 Å². The molecule has 1 aromatic heterocycles. The third-order valence-electron chi connectivity index (χ3n) is 2.68. The molecular formula is C13H14ClFN2S. The molecule has 18 heavy (non-hydrogen) atoms. The van der Waals surface area contributed by atoms with Crippen molar-refractivity contribution in [2.45, 2.75) is 19.9 Å². The number of nitrogens with zero attached hydrogens (tertiary/aromatic N) is 1. The lowest BCUT2D eigenvalue weighted by Crippen LogP contribution is -2.16. The van der Waals surface area contributed by atoms with Crippen LogP contribution < -0.4 is 5.32 Å². The molecule has 0 saturated carbocycles. The van der Waals surface area contributed by atoms with Crippen molar-refractivity contribution in [2.75, 3.05) is 6.54 Å². The quantitative estimate of drug-likeness (QED) is 0.849. The van der Waals surface area contributed by atoms with Crippen molar-refractivity contribution < 1.29 is 4.39 Å². The van der Waals surface area contributed by atoms with Gasteiger partial charge < -0.3 is 5.32 Å². The maximum Gasteiger partial charge on any atom is 0.123 e. The summed E-state index contributed by atoms with van der Waals surface area (Å²) in [6.07, 6.45) is 2.54. The predicted molar refractivity (Wildman–Crippen MR) is 73.7 cm³/mol. The minimum Gasteiger partial charge on any atom is -0.310 e. The number of halogens is 2. The number of aromatic nitrogens is 1. The molecule has 0 aliphatic carbocycles. The van der Waals surface area contributed by atoms with Crippen molar-refractivity contribution in [3.63, 3.8) is 0 Å². The SMILES string of the molecule is Cc1cc(F)ccc1CCNCc1ncc(Cl)s1. The fourth-order valence-electron chi connectivity index (χ4n) is 1.73. The van der Waals surface area contributed by atoms with E-state index >= 15 is 0 Å². The maximum atomic E-state index is 12.9. The summed E-state index contributed by atoms with van der Waals surface area (Å²) in [5, 5.41) is 4.28. The number of hydrogen-bond acceptors (Lipinski definition) is 3. The standard InChI is InChI=1S/C13H14ClFN2S/c1-9-6-11(15)3-2-10(9)4-5-16-8-13-17-7-12(14)18-13/h2-3,6-7,16H,4-5,8H2,1H3. The Morgan fingerprint density at radius 3 is 2.94 bits per heavy atom. The number of hydrogen-bond donors (Lipinski definition) is 1. The van der Waals surface area contributed by atoms with Gasteiger partial charge in [0.05, 0.1) is 6.20 Å². The zero-order valence-corrected chi connectivity index (χ0v) is 11.6. The van der Waals surface area contributed by atoms with Gasteiger partial charge >= 0.3 is 0 Å². The van der Waals surface area contributed by atoms with Crippen LogP contribution in [0.1, 0.15) is 16.1 Å². The van der Waals surface area contributed by atoms with Gasteiger partial charge in [0.15, 0.2) is 0 Å². The van der Waals surface area contributed by atoms with Gasteiger partial charge in [0.2, 0.25) is 0 Å². The number of benzene rings is 1. The van der Waals surface area contributed by atoms with Gasteiger partial charge in [-0.25, -0.2) is 9.37 Å². The molecule has 0 amide bonds. The topological polar surface area (TPSA) is 24.9 Å². The number of thiazole rings is 1. The highest BCUT2D eigenvalue weighted by Gasteiger charge is 2.01. The lowest BCUT2D eigenvalue weighted by molar-refractivity contribution is 0.624. The average Bonchev–Trinajstić information content (AvgIpc) is 2.73. The lowest BCUT2D eigenvalue weighted by Gasteiger charge is -2.06. The van der Waals surface area contributed by atoms with Crippen LogP contribution in [0, 0.1) is 12.7 Å². The van der Waals surface area contributed by atoms with E-state index < -0.39 is 0 Å². The van der Waals surface area contributed by atoms with E-state index in [-0.39, 0.29) is 5.82 Å². The number of rotatable bonds is 5. The van der Waals surface area contributed by atoms with Crippen LogP contribution in [0.3, 0.4) is 0 Å². The zero-order valence-electron chi connectivity index (χ0n) is 10.0. The van der Waals surface area contributed by atoms with E-state index in [0.717, 1.165) is 30.1 Å². The third kappa shape index (κ3) is 3.77. The summed E-state index contributed by atoms with van der Waals surface area (Å²) in [6, 6.07) is 4.91. The lowest BCUT2D eigenvalue weighted by atomic mass is 10.1. The normalized spacial score (nSPS) is 10.8. The molecule has 0 bridgehead atoms. The van der Waals surface area contributed by atoms with E-state index in [1.807, 2.05) is 13.0 Å². The van der Waals surface area contributed by atoms with E-state index in [9.17, 15) is 4.39 Å². The van der Waals surface area contributed by atoms with Gasteiger partial charge in [-0.3, -0.25) is 0 Å². The summed E-state index contributed by atoms with van der Waals surface area (Å²) in [4.78, 5) is 4.16. The predicted octanol–water partition coefficient (Wildman–Crippen LogP) is 3.58. The Hall–Kier alpha value is -0.970. The molecule has 2 aromatic rings. The van der Waals surface area contributed by atoms with Gasteiger partial charge in [-0.15, -0.1) is 11.3 Å². The fraction of sp³-hybridized carbons (Fsp3) is 0.308. The van der Waals surface area contributed by atoms with Crippen molar-refractivity contribution in [2.24, 2.45) is 0 Å². The van der Waals surface area contributed by atoms with Crippen LogP contribution in [-0.4, -0.2) is 11.5 Å². The summed E-state index contributed by atoms with van der Waals surface area (Å²) >= 11 is 7.28. The third-order valence-corrected chi connectivity index (χ3v) is 3.79. The summed E-state index contributed by atoms with van der Waals surface area (Å²) in [6.45, 7) is 3.49. The van der Waals surface area contributed by atoms with Gasteiger partial charge in [0.25, 0.3) is 0 Å². The molecule has 0 unspecified atom stereocenters. The first-order valence-corrected chi connectivity index (χ1v) is 6.90. The average molecular weight is 285 g/mol. The van der Waals surface area contributed by atoms with Crippen molar-refractivity contribution >= 4 is 22.9 Å². The van der Waals surface area contributed by atoms with Crippen LogP contribution in [-0.2, 0) is 13.0 Å². The second-order valence-electron chi connectivity index (χ2n) is 4.06. The smallest absolute Gasteiger partial charge is 0.123 e. The van der Waals surface area contributed by atoms with Crippen LogP contribution in [0.15, 0.2) is 24.4 Å². The van der Waals surface area contributed by atoms with E-state index in [1.54, 1.807) is 12.3 Å². The molecule has 2 rings (SSSR count). The van der Waals surface area contributed by atoms with Crippen LogP contribution in [0.2, 0.25) is 4.34 Å². The van der Waals surface area contributed by atoms with E-state index in [0.29, 0.717) is 4.34 Å². The monoisotopic (exact) mass is 284 g/mol. The van der Waals surface area contributed by atoms with Gasteiger partial charge in [0, 0.05) is 6.54 Å². The van der Waals surface area contributed by atoms with E-state index in [2.05, 4.69) is 10.3 Å². The highest BCUT2D eigenvalue weighted by molar-refractivity contribution is 7.15. The van der Waals surface area contributed by atoms with E-state index in [4.69, 9.17) is 11.6 Å². The Kier molecular flexibility index (Phi) is 4.69. The molecule has 1 heterocycles. The Morgan fingerprint density at radius 2 is 2.28 bits per heavy atom. The van der Waals surface area contributed by atoms with Gasteiger partial charge in [-0.05, 0) is 43.1 Å². The summed E-state index contributed by atoms with van der Waals surface area (Å²) < 4.78 is 13.6. The molecule has 5 heteroatoms. The Balaban J connectivity index is 1.78. The minimum absolute atomic E-state index is 0.179. The molecule has 2 nitrogen and oxygen atoms in total. The Morgan fingerprint density at radius 1 is 1.44 bits per heavy atom. The first-order valence-electron chi connectivity index (χ1n) is 5.71. The molecule has 0 fully saturated rings. The molecule has 1 aromatic carbocycles. The molecule has 0 radical (unpaired) electrons. The van der Waals surface area contributed by atoms with Gasteiger partial charge in [-0.1, -0.05) is 17.7 Å². The molecule has 0 saturated heterocycles. The molecule has 0 aliphatic heterocycles. The zero-order chi connectivity index (χ0) is 13.0. The highest BCUT2D eigenvalue weighted by atomic mass is 35.5. The van der Waals surface area contributed by atoms with Crippen LogP contribution >= 0.6 is 22.9 Å². The Labute approximate surface area is 115 Å². The number of nitrogens with one attached hydrogen (secondary N) is 1. The maximum absolute atomic E-state index is 12.9. The van der Waals surface area contributed by atoms with Crippen molar-refractivity contribution in [3.8, 4) is 0 Å². The first-order chi connectivity index (χ1) is 8.65. The van der Waals surface area contributed by atoms with Crippen LogP contribution in [0.25, 0.3) is 0 Å². The molecule has 0 atom stereocenters. The van der Waals surface area contributed by atoms with Crippen LogP contribution in [0.4, 0.5) is 4.39 Å². The minimum atomic E-state index is -0.179. The van der Waals surface area contributed by atoms with Crippen molar-refractivity contribution in [3.05, 3.63) is 50.7 Å². The van der Waals surface area contributed by atoms with E-state index in [1.165, 1.54) is 23.0 Å². The highest BCUT2D eigenvalue weighted by Crippen LogP contribution is 2.17. The van der Waals surface area contributed by atoms with Gasteiger partial charge in [-0.2, -0.15) is 0 Å². The summed E-state index contributed by atoms with van der Waals surface area (Å²) in [7, 11) is 0.